The second-order valence-electron chi connectivity index (χ2n) is 4.63. The standard InChI is InChI=1S/C12H16Cl2/c1-12(2,3)11(14)8-9-6-4-5-7-10(9)13/h4-7,11H,8H2,1-3H3. The van der Waals surface area contributed by atoms with Crippen LogP contribution in [0.2, 0.25) is 5.02 Å². The summed E-state index contributed by atoms with van der Waals surface area (Å²) in [5.41, 5.74) is 1.24. The third-order valence-electron chi connectivity index (χ3n) is 2.30. The molecular formula is C12H16Cl2. The molecule has 0 aromatic heterocycles. The van der Waals surface area contributed by atoms with E-state index < -0.39 is 0 Å². The van der Waals surface area contributed by atoms with Gasteiger partial charge in [0.15, 0.2) is 0 Å². The van der Waals surface area contributed by atoms with Crippen LogP contribution in [-0.2, 0) is 6.42 Å². The highest BCUT2D eigenvalue weighted by molar-refractivity contribution is 6.31. The Bertz CT molecular complexity index is 299. The summed E-state index contributed by atoms with van der Waals surface area (Å²) < 4.78 is 0. The Morgan fingerprint density at radius 3 is 2.29 bits per heavy atom. The van der Waals surface area contributed by atoms with E-state index in [2.05, 4.69) is 20.8 Å². The van der Waals surface area contributed by atoms with Crippen molar-refractivity contribution in [2.45, 2.75) is 32.6 Å². The van der Waals surface area contributed by atoms with Crippen molar-refractivity contribution in [3.05, 3.63) is 34.9 Å². The first kappa shape index (κ1) is 11.9. The predicted octanol–water partition coefficient (Wildman–Crippen LogP) is 4.54. The molecule has 0 nitrogen and oxygen atoms in total. The van der Waals surface area contributed by atoms with Gasteiger partial charge in [0.1, 0.15) is 0 Å². The van der Waals surface area contributed by atoms with Crippen LogP contribution in [0.15, 0.2) is 24.3 Å². The molecule has 1 aromatic rings. The van der Waals surface area contributed by atoms with Gasteiger partial charge in [-0.05, 0) is 23.5 Å². The van der Waals surface area contributed by atoms with Gasteiger partial charge in [-0.1, -0.05) is 50.6 Å². The van der Waals surface area contributed by atoms with Crippen LogP contribution < -0.4 is 0 Å². The topological polar surface area (TPSA) is 0 Å². The van der Waals surface area contributed by atoms with Crippen LogP contribution in [0.1, 0.15) is 26.3 Å². The van der Waals surface area contributed by atoms with Crippen molar-refractivity contribution in [1.82, 2.24) is 0 Å². The van der Waals surface area contributed by atoms with Crippen LogP contribution in [0.5, 0.6) is 0 Å². The van der Waals surface area contributed by atoms with Gasteiger partial charge < -0.3 is 0 Å². The van der Waals surface area contributed by atoms with Crippen LogP contribution in [0, 0.1) is 5.41 Å². The molecule has 0 heterocycles. The molecule has 0 N–H and O–H groups in total. The van der Waals surface area contributed by atoms with Crippen LogP contribution >= 0.6 is 23.2 Å². The summed E-state index contributed by atoms with van der Waals surface area (Å²) in [7, 11) is 0. The van der Waals surface area contributed by atoms with E-state index in [-0.39, 0.29) is 10.8 Å². The van der Waals surface area contributed by atoms with Crippen molar-refractivity contribution in [1.29, 1.82) is 0 Å². The van der Waals surface area contributed by atoms with E-state index in [4.69, 9.17) is 23.2 Å². The van der Waals surface area contributed by atoms with Crippen LogP contribution in [0.25, 0.3) is 0 Å². The average molecular weight is 231 g/mol. The lowest BCUT2D eigenvalue weighted by Gasteiger charge is -2.25. The van der Waals surface area contributed by atoms with E-state index in [1.165, 1.54) is 0 Å². The van der Waals surface area contributed by atoms with Gasteiger partial charge in [0, 0.05) is 10.4 Å². The first-order valence-corrected chi connectivity index (χ1v) is 5.60. The lowest BCUT2D eigenvalue weighted by molar-refractivity contribution is 0.386. The lowest BCUT2D eigenvalue weighted by Crippen LogP contribution is -2.22. The van der Waals surface area contributed by atoms with Crippen LogP contribution in [-0.4, -0.2) is 5.38 Å². The molecule has 0 spiro atoms. The second kappa shape index (κ2) is 4.55. The Hall–Kier alpha value is -0.200. The molecule has 0 aliphatic heterocycles. The fraction of sp³-hybridized carbons (Fsp3) is 0.500. The zero-order chi connectivity index (χ0) is 10.8. The third-order valence-corrected chi connectivity index (χ3v) is 3.47. The van der Waals surface area contributed by atoms with Gasteiger partial charge in [-0.15, -0.1) is 11.6 Å². The number of alkyl halides is 1. The van der Waals surface area contributed by atoms with E-state index in [1.807, 2.05) is 24.3 Å². The van der Waals surface area contributed by atoms with Crippen molar-refractivity contribution < 1.29 is 0 Å². The molecule has 0 aliphatic carbocycles. The van der Waals surface area contributed by atoms with Gasteiger partial charge in [-0.25, -0.2) is 0 Å². The van der Waals surface area contributed by atoms with Gasteiger partial charge in [0.2, 0.25) is 0 Å². The molecule has 0 amide bonds. The molecule has 0 radical (unpaired) electrons. The highest BCUT2D eigenvalue weighted by Crippen LogP contribution is 2.29. The van der Waals surface area contributed by atoms with Crippen molar-refractivity contribution in [2.75, 3.05) is 0 Å². The maximum Gasteiger partial charge on any atom is 0.0438 e. The number of halogens is 2. The van der Waals surface area contributed by atoms with Gasteiger partial charge in [-0.2, -0.15) is 0 Å². The summed E-state index contributed by atoms with van der Waals surface area (Å²) in [6.45, 7) is 6.42. The summed E-state index contributed by atoms with van der Waals surface area (Å²) in [5, 5.41) is 0.921. The number of benzene rings is 1. The fourth-order valence-electron chi connectivity index (χ4n) is 1.16. The van der Waals surface area contributed by atoms with Crippen LogP contribution in [0.4, 0.5) is 0 Å². The smallest absolute Gasteiger partial charge is 0.0438 e. The number of rotatable bonds is 2. The van der Waals surface area contributed by atoms with E-state index in [0.29, 0.717) is 0 Å². The molecule has 2 heteroatoms. The molecule has 0 bridgehead atoms. The Morgan fingerprint density at radius 1 is 1.21 bits per heavy atom. The van der Waals surface area contributed by atoms with Gasteiger partial charge in [0.25, 0.3) is 0 Å². The molecule has 0 aliphatic rings. The monoisotopic (exact) mass is 230 g/mol. The maximum atomic E-state index is 6.30. The molecule has 78 valence electrons. The molecule has 0 saturated carbocycles. The minimum Gasteiger partial charge on any atom is -0.122 e. The van der Waals surface area contributed by atoms with Crippen molar-refractivity contribution in [3.63, 3.8) is 0 Å². The first-order chi connectivity index (χ1) is 6.41. The summed E-state index contributed by atoms with van der Waals surface area (Å²) in [4.78, 5) is 0. The Balaban J connectivity index is 2.75. The largest absolute Gasteiger partial charge is 0.122 e. The highest BCUT2D eigenvalue weighted by Gasteiger charge is 2.22. The van der Waals surface area contributed by atoms with E-state index in [9.17, 15) is 0 Å². The Kier molecular flexibility index (Phi) is 3.86. The minimum atomic E-state index is 0.112. The zero-order valence-corrected chi connectivity index (χ0v) is 10.4. The first-order valence-electron chi connectivity index (χ1n) is 4.79. The number of hydrogen-bond donors (Lipinski definition) is 0. The second-order valence-corrected chi connectivity index (χ2v) is 5.56. The zero-order valence-electron chi connectivity index (χ0n) is 8.85. The van der Waals surface area contributed by atoms with Crippen molar-refractivity contribution in [2.24, 2.45) is 5.41 Å². The average Bonchev–Trinajstić information content (AvgIpc) is 2.07. The van der Waals surface area contributed by atoms with Gasteiger partial charge in [0.05, 0.1) is 0 Å². The van der Waals surface area contributed by atoms with E-state index in [0.717, 1.165) is 17.0 Å². The van der Waals surface area contributed by atoms with Crippen LogP contribution in [0.3, 0.4) is 0 Å². The minimum absolute atomic E-state index is 0.112. The van der Waals surface area contributed by atoms with Gasteiger partial charge >= 0.3 is 0 Å². The highest BCUT2D eigenvalue weighted by atomic mass is 35.5. The third kappa shape index (κ3) is 3.18. The predicted molar refractivity (Wildman–Crippen MR) is 64.3 cm³/mol. The summed E-state index contributed by atoms with van der Waals surface area (Å²) >= 11 is 12.4. The summed E-state index contributed by atoms with van der Waals surface area (Å²) in [6, 6.07) is 7.87. The molecule has 14 heavy (non-hydrogen) atoms. The molecule has 1 unspecified atom stereocenters. The Morgan fingerprint density at radius 2 is 1.79 bits per heavy atom. The van der Waals surface area contributed by atoms with E-state index in [1.54, 1.807) is 0 Å². The number of hydrogen-bond acceptors (Lipinski definition) is 0. The van der Waals surface area contributed by atoms with E-state index >= 15 is 0 Å². The maximum absolute atomic E-state index is 6.30. The van der Waals surface area contributed by atoms with Crippen molar-refractivity contribution in [3.8, 4) is 0 Å². The lowest BCUT2D eigenvalue weighted by atomic mass is 9.88. The molecular weight excluding hydrogens is 215 g/mol. The Labute approximate surface area is 96.2 Å². The van der Waals surface area contributed by atoms with Crippen molar-refractivity contribution >= 4 is 23.2 Å². The summed E-state index contributed by atoms with van der Waals surface area (Å²) in [6.07, 6.45) is 0.824. The normalized spacial score (nSPS) is 14.1. The molecule has 0 fully saturated rings. The molecule has 1 atom stereocenters. The summed E-state index contributed by atoms with van der Waals surface area (Å²) in [5.74, 6) is 0. The SMILES string of the molecule is CC(C)(C)C(Cl)Cc1ccccc1Cl. The molecule has 0 saturated heterocycles. The quantitative estimate of drug-likeness (QED) is 0.655. The fourth-order valence-corrected chi connectivity index (χ4v) is 1.54. The molecule has 1 rings (SSSR count). The van der Waals surface area contributed by atoms with Gasteiger partial charge in [-0.3, -0.25) is 0 Å². The molecule has 1 aromatic carbocycles.